The number of hydrogen-bond acceptors (Lipinski definition) is 3. The average molecular weight is 257 g/mol. The molecule has 1 heterocycles. The minimum atomic E-state index is -0.409. The highest BCUT2D eigenvalue weighted by Crippen LogP contribution is 2.23. The Hall–Kier alpha value is -1.13. The van der Waals surface area contributed by atoms with Gasteiger partial charge < -0.3 is 5.32 Å². The molecule has 0 bridgehead atoms. The van der Waals surface area contributed by atoms with E-state index in [-0.39, 0.29) is 11.1 Å². The summed E-state index contributed by atoms with van der Waals surface area (Å²) in [6, 6.07) is 4.65. The van der Waals surface area contributed by atoms with Gasteiger partial charge in [0, 0.05) is 11.1 Å². The molecule has 0 radical (unpaired) electrons. The number of aromatic nitrogens is 1. The largest absolute Gasteiger partial charge is 0.377 e. The number of nitrogens with one attached hydrogen (secondary N) is 1. The third-order valence-electron chi connectivity index (χ3n) is 2.20. The predicted molar refractivity (Wildman–Crippen MR) is 65.6 cm³/mol. The molecule has 1 N–H and O–H groups in total. The van der Waals surface area contributed by atoms with Crippen LogP contribution in [-0.4, -0.2) is 4.98 Å². The molecule has 2 rings (SSSR count). The third kappa shape index (κ3) is 2.51. The van der Waals surface area contributed by atoms with E-state index in [4.69, 9.17) is 11.6 Å². The lowest BCUT2D eigenvalue weighted by Gasteiger charge is -2.13. The minimum Gasteiger partial charge on any atom is -0.377 e. The quantitative estimate of drug-likeness (QED) is 0.894. The van der Waals surface area contributed by atoms with Gasteiger partial charge in [0.05, 0.1) is 22.3 Å². The van der Waals surface area contributed by atoms with Crippen molar-refractivity contribution in [3.8, 4) is 0 Å². The maximum absolute atomic E-state index is 12.9. The summed E-state index contributed by atoms with van der Waals surface area (Å²) in [5, 5.41) is 5.30. The molecule has 0 aliphatic rings. The van der Waals surface area contributed by atoms with Gasteiger partial charge in [0.25, 0.3) is 0 Å². The van der Waals surface area contributed by atoms with E-state index in [1.54, 1.807) is 29.0 Å². The first-order chi connectivity index (χ1) is 7.66. The molecule has 1 atom stereocenters. The number of benzene rings is 1. The van der Waals surface area contributed by atoms with Crippen LogP contribution in [0.4, 0.5) is 10.1 Å². The van der Waals surface area contributed by atoms with Crippen molar-refractivity contribution < 1.29 is 4.39 Å². The molecule has 1 aromatic heterocycles. The van der Waals surface area contributed by atoms with Gasteiger partial charge in [0.15, 0.2) is 0 Å². The summed E-state index contributed by atoms with van der Waals surface area (Å²) in [4.78, 5) is 4.20. The Morgan fingerprint density at radius 3 is 2.94 bits per heavy atom. The number of hydrogen-bond donors (Lipinski definition) is 1. The minimum absolute atomic E-state index is 0.0766. The maximum Gasteiger partial charge on any atom is 0.141 e. The molecule has 2 aromatic rings. The van der Waals surface area contributed by atoms with E-state index >= 15 is 0 Å². The number of thiazole rings is 1. The molecule has 0 spiro atoms. The highest BCUT2D eigenvalue weighted by Gasteiger charge is 2.08. The molecule has 16 heavy (non-hydrogen) atoms. The number of halogens is 2. The molecular formula is C11H10ClFN2S. The summed E-state index contributed by atoms with van der Waals surface area (Å²) < 4.78 is 12.9. The van der Waals surface area contributed by atoms with Crippen molar-refractivity contribution in [3.63, 3.8) is 0 Å². The highest BCUT2D eigenvalue weighted by atomic mass is 35.5. The van der Waals surface area contributed by atoms with Crippen LogP contribution in [0.2, 0.25) is 5.02 Å². The van der Waals surface area contributed by atoms with Crippen molar-refractivity contribution in [3.05, 3.63) is 45.6 Å². The Morgan fingerprint density at radius 2 is 2.31 bits per heavy atom. The second kappa shape index (κ2) is 4.80. The SMILES string of the molecule is CC(Nc1ccc(F)c(Cl)c1)c1cscn1. The van der Waals surface area contributed by atoms with Gasteiger partial charge in [-0.15, -0.1) is 11.3 Å². The van der Waals surface area contributed by atoms with Crippen LogP contribution in [0.25, 0.3) is 0 Å². The molecule has 0 fully saturated rings. The maximum atomic E-state index is 12.9. The summed E-state index contributed by atoms with van der Waals surface area (Å²) >= 11 is 7.24. The lowest BCUT2D eigenvalue weighted by molar-refractivity contribution is 0.628. The van der Waals surface area contributed by atoms with E-state index in [1.807, 2.05) is 12.3 Å². The summed E-state index contributed by atoms with van der Waals surface area (Å²) in [7, 11) is 0. The molecule has 0 saturated carbocycles. The Bertz CT molecular complexity index is 473. The fraction of sp³-hybridized carbons (Fsp3) is 0.182. The standard InChI is InChI=1S/C11H10ClFN2S/c1-7(11-5-16-6-14-11)15-8-2-3-10(13)9(12)4-8/h2-7,15H,1H3. The summed E-state index contributed by atoms with van der Waals surface area (Å²) in [6.07, 6.45) is 0. The molecule has 5 heteroatoms. The van der Waals surface area contributed by atoms with E-state index in [2.05, 4.69) is 10.3 Å². The lowest BCUT2D eigenvalue weighted by Crippen LogP contribution is -2.06. The highest BCUT2D eigenvalue weighted by molar-refractivity contribution is 7.07. The Balaban J connectivity index is 2.12. The first-order valence-electron chi connectivity index (χ1n) is 4.76. The molecule has 0 amide bonds. The smallest absolute Gasteiger partial charge is 0.141 e. The van der Waals surface area contributed by atoms with Gasteiger partial charge in [-0.2, -0.15) is 0 Å². The summed E-state index contributed by atoms with van der Waals surface area (Å²) in [5.41, 5.74) is 3.53. The van der Waals surface area contributed by atoms with Crippen molar-refractivity contribution in [1.82, 2.24) is 4.98 Å². The first-order valence-corrected chi connectivity index (χ1v) is 6.08. The average Bonchev–Trinajstić information content (AvgIpc) is 2.77. The van der Waals surface area contributed by atoms with Gasteiger partial charge in [-0.1, -0.05) is 11.6 Å². The molecule has 0 aliphatic carbocycles. The fourth-order valence-electron chi connectivity index (χ4n) is 1.35. The fourth-order valence-corrected chi connectivity index (χ4v) is 2.17. The summed E-state index contributed by atoms with van der Waals surface area (Å²) in [6.45, 7) is 1.99. The van der Waals surface area contributed by atoms with Crippen LogP contribution in [0.3, 0.4) is 0 Å². The van der Waals surface area contributed by atoms with E-state index < -0.39 is 5.82 Å². The first kappa shape index (κ1) is 11.4. The number of nitrogens with zero attached hydrogens (tertiary/aromatic N) is 1. The van der Waals surface area contributed by atoms with Gasteiger partial charge in [0.1, 0.15) is 5.82 Å². The van der Waals surface area contributed by atoms with Crippen molar-refractivity contribution in [2.24, 2.45) is 0 Å². The van der Waals surface area contributed by atoms with Crippen LogP contribution in [0.1, 0.15) is 18.7 Å². The molecule has 0 saturated heterocycles. The number of rotatable bonds is 3. The van der Waals surface area contributed by atoms with Crippen LogP contribution < -0.4 is 5.32 Å². The van der Waals surface area contributed by atoms with Crippen molar-refractivity contribution in [1.29, 1.82) is 0 Å². The number of anilines is 1. The normalized spacial score (nSPS) is 12.4. The Kier molecular flexibility index (Phi) is 3.41. The van der Waals surface area contributed by atoms with Gasteiger partial charge in [-0.3, -0.25) is 0 Å². The second-order valence-electron chi connectivity index (χ2n) is 3.41. The topological polar surface area (TPSA) is 24.9 Å². The third-order valence-corrected chi connectivity index (χ3v) is 3.09. The van der Waals surface area contributed by atoms with Gasteiger partial charge in [-0.05, 0) is 25.1 Å². The monoisotopic (exact) mass is 256 g/mol. The zero-order valence-corrected chi connectivity index (χ0v) is 10.1. The van der Waals surface area contributed by atoms with Gasteiger partial charge in [0.2, 0.25) is 0 Å². The molecule has 1 aromatic carbocycles. The van der Waals surface area contributed by atoms with Gasteiger partial charge in [-0.25, -0.2) is 9.37 Å². The zero-order chi connectivity index (χ0) is 11.5. The van der Waals surface area contributed by atoms with Crippen LogP contribution in [0.15, 0.2) is 29.1 Å². The second-order valence-corrected chi connectivity index (χ2v) is 4.53. The van der Waals surface area contributed by atoms with Crippen LogP contribution in [0, 0.1) is 5.82 Å². The molecule has 1 unspecified atom stereocenters. The molecule has 84 valence electrons. The van der Waals surface area contributed by atoms with Crippen molar-refractivity contribution >= 4 is 28.6 Å². The predicted octanol–water partition coefficient (Wildman–Crippen LogP) is 4.11. The van der Waals surface area contributed by atoms with Crippen LogP contribution in [0.5, 0.6) is 0 Å². The molecular weight excluding hydrogens is 247 g/mol. The summed E-state index contributed by atoms with van der Waals surface area (Å²) in [5.74, 6) is -0.409. The van der Waals surface area contributed by atoms with Crippen molar-refractivity contribution in [2.45, 2.75) is 13.0 Å². The van der Waals surface area contributed by atoms with Gasteiger partial charge >= 0.3 is 0 Å². The molecule has 0 aliphatic heterocycles. The Morgan fingerprint density at radius 1 is 1.50 bits per heavy atom. The van der Waals surface area contributed by atoms with Crippen LogP contribution >= 0.6 is 22.9 Å². The molecule has 2 nitrogen and oxygen atoms in total. The van der Waals surface area contributed by atoms with Crippen molar-refractivity contribution in [2.75, 3.05) is 5.32 Å². The Labute approximate surface area is 102 Å². The van der Waals surface area contributed by atoms with E-state index in [0.29, 0.717) is 0 Å². The van der Waals surface area contributed by atoms with E-state index in [9.17, 15) is 4.39 Å². The van der Waals surface area contributed by atoms with E-state index in [1.165, 1.54) is 6.07 Å². The zero-order valence-electron chi connectivity index (χ0n) is 8.58. The lowest BCUT2D eigenvalue weighted by atomic mass is 10.2. The van der Waals surface area contributed by atoms with E-state index in [0.717, 1.165) is 11.4 Å². The van der Waals surface area contributed by atoms with Crippen LogP contribution in [-0.2, 0) is 0 Å².